The number of hydrogen-bond acceptors (Lipinski definition) is 4. The van der Waals surface area contributed by atoms with Crippen molar-refractivity contribution in [1.82, 2.24) is 19.5 Å². The zero-order valence-electron chi connectivity index (χ0n) is 28.2. The lowest BCUT2D eigenvalue weighted by molar-refractivity contribution is 0.669. The summed E-state index contributed by atoms with van der Waals surface area (Å²) in [5.74, 6) is 0.929. The van der Waals surface area contributed by atoms with Crippen molar-refractivity contribution in [2.75, 3.05) is 0 Å². The van der Waals surface area contributed by atoms with Crippen LogP contribution in [0.15, 0.2) is 132 Å². The van der Waals surface area contributed by atoms with E-state index in [0.29, 0.717) is 22.9 Å². The Morgan fingerprint density at radius 1 is 0.453 bits per heavy atom. The summed E-state index contributed by atoms with van der Waals surface area (Å²) < 4.78 is 8.52. The monoisotopic (exact) mass is 664 g/mol. The number of benzene rings is 7. The Morgan fingerprint density at radius 2 is 1.08 bits per heavy atom. The lowest BCUT2D eigenvalue weighted by Crippen LogP contribution is -2.55. The molecule has 0 aliphatic rings. The molecule has 234 valence electrons. The van der Waals surface area contributed by atoms with E-state index in [2.05, 4.69) is 60.7 Å². The highest BCUT2D eigenvalue weighted by Crippen LogP contribution is 2.39. The molecule has 0 amide bonds. The summed E-state index contributed by atoms with van der Waals surface area (Å²) in [6.07, 6.45) is 0. The largest absolute Gasteiger partial charge is 0.456 e. The average molecular weight is 664 g/mol. The van der Waals surface area contributed by atoms with Gasteiger partial charge in [-0.25, -0.2) is 4.98 Å². The Balaban J connectivity index is 1.21. The van der Waals surface area contributed by atoms with Gasteiger partial charge in [0.05, 0.1) is 11.0 Å². The van der Waals surface area contributed by atoms with Crippen LogP contribution in [0.3, 0.4) is 0 Å². The topological polar surface area (TPSA) is 56.7 Å². The Labute approximate surface area is 311 Å². The molecule has 0 saturated heterocycles. The molecule has 0 spiro atoms. The first-order chi connectivity index (χ1) is 25.9. The molecule has 10 heteroatoms. The molecule has 0 atom stereocenters. The molecule has 5 nitrogen and oxygen atoms in total. The molecule has 0 unspecified atom stereocenters. The van der Waals surface area contributed by atoms with Gasteiger partial charge < -0.3 is 4.42 Å². The van der Waals surface area contributed by atoms with Crippen LogP contribution in [0.4, 0.5) is 0 Å². The maximum atomic E-state index is 6.57. The fourth-order valence-electron chi connectivity index (χ4n) is 7.50. The van der Waals surface area contributed by atoms with Gasteiger partial charge in [0, 0.05) is 32.7 Å². The minimum absolute atomic E-state index is 0.109. The van der Waals surface area contributed by atoms with E-state index in [-0.39, 0.29) is 38.7 Å². The normalized spacial score (nSPS) is 11.8. The van der Waals surface area contributed by atoms with E-state index in [0.717, 1.165) is 49.3 Å². The molecule has 53 heavy (non-hydrogen) atoms. The van der Waals surface area contributed by atoms with Crippen LogP contribution in [0.1, 0.15) is 0 Å². The molecule has 10 rings (SSSR count). The van der Waals surface area contributed by atoms with E-state index in [1.165, 1.54) is 10.8 Å². The van der Waals surface area contributed by atoms with Gasteiger partial charge in [-0.3, -0.25) is 4.57 Å². The van der Waals surface area contributed by atoms with Crippen molar-refractivity contribution < 1.29 is 4.42 Å². The molecule has 0 saturated carbocycles. The fourth-order valence-corrected chi connectivity index (χ4v) is 7.50. The van der Waals surface area contributed by atoms with Crippen LogP contribution in [0.2, 0.25) is 0 Å². The van der Waals surface area contributed by atoms with Gasteiger partial charge in [0.1, 0.15) is 50.4 Å². The Morgan fingerprint density at radius 3 is 1.81 bits per heavy atom. The number of rotatable bonds is 4. The van der Waals surface area contributed by atoms with Gasteiger partial charge in [-0.1, -0.05) is 102 Å². The van der Waals surface area contributed by atoms with Gasteiger partial charge in [-0.2, -0.15) is 9.97 Å². The molecule has 10 radical (unpaired) electrons. The molecule has 7 aromatic carbocycles. The lowest BCUT2D eigenvalue weighted by Gasteiger charge is -2.20. The second-order valence-electron chi connectivity index (χ2n) is 13.1. The second kappa shape index (κ2) is 11.9. The molecule has 3 aromatic heterocycles. The Bertz CT molecular complexity index is 3070. The molecule has 3 heterocycles. The third kappa shape index (κ3) is 4.82. The number of furan rings is 1. The van der Waals surface area contributed by atoms with Gasteiger partial charge in [-0.05, 0) is 58.3 Å². The van der Waals surface area contributed by atoms with Crippen molar-refractivity contribution in [2.24, 2.45) is 0 Å². The molecule has 0 bridgehead atoms. The van der Waals surface area contributed by atoms with E-state index in [1.807, 2.05) is 71.3 Å². The zero-order valence-corrected chi connectivity index (χ0v) is 28.2. The number of fused-ring (bicyclic) bond motifs is 7. The van der Waals surface area contributed by atoms with Crippen LogP contribution < -0.4 is 27.3 Å². The summed E-state index contributed by atoms with van der Waals surface area (Å²) in [6.45, 7) is 0. The summed E-state index contributed by atoms with van der Waals surface area (Å²) in [5.41, 5.74) is 7.07. The smallest absolute Gasteiger partial charge is 0.238 e. The van der Waals surface area contributed by atoms with Crippen molar-refractivity contribution >= 4 is 121 Å². The van der Waals surface area contributed by atoms with Gasteiger partial charge in [0.15, 0.2) is 11.6 Å². The van der Waals surface area contributed by atoms with Crippen LogP contribution >= 0.6 is 0 Å². The third-order valence-electron chi connectivity index (χ3n) is 10.1. The highest BCUT2D eigenvalue weighted by molar-refractivity contribution is 6.68. The van der Waals surface area contributed by atoms with Crippen LogP contribution in [0.5, 0.6) is 0 Å². The SMILES string of the molecule is [B]c1c([B])c([B])c(-c2nc(-c3ccc4c(c3)oc3cccc(-c5ccc6ccccc6c5)c34)nc(-n3c4ccccc4c4ccccc43)n2)c([B])c1[B]. The van der Waals surface area contributed by atoms with Gasteiger partial charge in [-0.15, -0.1) is 16.4 Å². The van der Waals surface area contributed by atoms with Crippen LogP contribution in [0.25, 0.3) is 94.4 Å². The van der Waals surface area contributed by atoms with Gasteiger partial charge >= 0.3 is 0 Å². The van der Waals surface area contributed by atoms with Crippen LogP contribution in [-0.2, 0) is 0 Å². The number of nitrogens with zero attached hydrogens (tertiary/aromatic N) is 4. The Hall–Kier alpha value is -6.27. The highest BCUT2D eigenvalue weighted by Gasteiger charge is 2.21. The molecule has 0 N–H and O–H groups in total. The second-order valence-corrected chi connectivity index (χ2v) is 13.1. The molecule has 0 aliphatic carbocycles. The standard InChI is InChI=1S/C43H21B5N4O/c44-36-35(37(45)39(47)40(48)38(36)46)42-49-41(50-43(51-42)52-30-13-5-3-10-27(30)28-11-4-6-14-31(28)52)25-18-19-29-33(21-25)53-32-15-7-12-26(34(29)32)24-17-16-22-8-1-2-9-23(22)20-24/h1-21H. The van der Waals surface area contributed by atoms with Gasteiger partial charge in [0.25, 0.3) is 0 Å². The number of aromatic nitrogens is 4. The van der Waals surface area contributed by atoms with Crippen LogP contribution in [0, 0.1) is 0 Å². The van der Waals surface area contributed by atoms with E-state index in [4.69, 9.17) is 58.6 Å². The summed E-state index contributed by atoms with van der Waals surface area (Å²) >= 11 is 0. The van der Waals surface area contributed by atoms with Crippen molar-refractivity contribution in [3.63, 3.8) is 0 Å². The molecule has 10 aromatic rings. The van der Waals surface area contributed by atoms with E-state index >= 15 is 0 Å². The first-order valence-corrected chi connectivity index (χ1v) is 17.1. The minimum atomic E-state index is 0.109. The molecular weight excluding hydrogens is 643 g/mol. The van der Waals surface area contributed by atoms with Crippen molar-refractivity contribution in [3.05, 3.63) is 127 Å². The first kappa shape index (κ1) is 31.5. The summed E-state index contributed by atoms with van der Waals surface area (Å²) in [5, 5.41) is 6.47. The average Bonchev–Trinajstić information content (AvgIpc) is 3.74. The van der Waals surface area contributed by atoms with Gasteiger partial charge in [0.2, 0.25) is 5.95 Å². The Kier molecular flexibility index (Phi) is 7.06. The highest BCUT2D eigenvalue weighted by atomic mass is 16.3. The van der Waals surface area contributed by atoms with E-state index in [1.54, 1.807) is 0 Å². The molecule has 0 aliphatic heterocycles. The predicted octanol–water partition coefficient (Wildman–Crippen LogP) is 4.99. The fraction of sp³-hybridized carbons (Fsp3) is 0. The maximum Gasteiger partial charge on any atom is 0.238 e. The first-order valence-electron chi connectivity index (χ1n) is 17.1. The molecular formula is C43H21B5N4O. The third-order valence-corrected chi connectivity index (χ3v) is 10.1. The van der Waals surface area contributed by atoms with Crippen LogP contribution in [-0.4, -0.2) is 58.8 Å². The predicted molar refractivity (Wildman–Crippen MR) is 222 cm³/mol. The van der Waals surface area contributed by atoms with Crippen molar-refractivity contribution in [3.8, 4) is 39.9 Å². The van der Waals surface area contributed by atoms with Crippen molar-refractivity contribution in [1.29, 1.82) is 0 Å². The minimum Gasteiger partial charge on any atom is -0.456 e. The van der Waals surface area contributed by atoms with E-state index < -0.39 is 0 Å². The maximum absolute atomic E-state index is 6.57. The quantitative estimate of drug-likeness (QED) is 0.249. The van der Waals surface area contributed by atoms with Crippen molar-refractivity contribution in [2.45, 2.75) is 0 Å². The number of hydrogen-bond donors (Lipinski definition) is 0. The summed E-state index contributed by atoms with van der Waals surface area (Å²) in [7, 11) is 32.0. The van der Waals surface area contributed by atoms with E-state index in [9.17, 15) is 0 Å². The lowest BCUT2D eigenvalue weighted by atomic mass is 9.60. The summed E-state index contributed by atoms with van der Waals surface area (Å²) in [4.78, 5) is 15.0. The number of para-hydroxylation sites is 2. The zero-order chi connectivity index (χ0) is 36.0. The summed E-state index contributed by atoms with van der Waals surface area (Å²) in [6, 6.07) is 43.2. The molecule has 0 fully saturated rings.